The Hall–Kier alpha value is -1.76. The highest BCUT2D eigenvalue weighted by Crippen LogP contribution is 2.28. The summed E-state index contributed by atoms with van der Waals surface area (Å²) < 4.78 is 7.10. The largest absolute Gasteiger partial charge is 0.383 e. The Kier molecular flexibility index (Phi) is 4.60. The molecule has 0 N–H and O–H groups in total. The first-order valence-corrected chi connectivity index (χ1v) is 9.33. The van der Waals surface area contributed by atoms with Crippen molar-refractivity contribution in [2.45, 2.75) is 18.8 Å². The van der Waals surface area contributed by atoms with Crippen LogP contribution >= 0.6 is 11.3 Å². The van der Waals surface area contributed by atoms with Gasteiger partial charge in [-0.05, 0) is 49.5 Å². The van der Waals surface area contributed by atoms with Crippen molar-refractivity contribution in [2.75, 3.05) is 33.4 Å². The van der Waals surface area contributed by atoms with Gasteiger partial charge < -0.3 is 9.64 Å². The van der Waals surface area contributed by atoms with Gasteiger partial charge in [-0.3, -0.25) is 0 Å². The van der Waals surface area contributed by atoms with Crippen LogP contribution in [0.5, 0.6) is 0 Å². The predicted octanol–water partition coefficient (Wildman–Crippen LogP) is 3.28. The monoisotopic (exact) mass is 342 g/mol. The van der Waals surface area contributed by atoms with E-state index in [-0.39, 0.29) is 0 Å². The molecule has 0 amide bonds. The first kappa shape index (κ1) is 15.7. The Bertz CT molecular complexity index is 791. The van der Waals surface area contributed by atoms with E-state index in [9.17, 15) is 0 Å². The third kappa shape index (κ3) is 3.22. The molecule has 126 valence electrons. The van der Waals surface area contributed by atoms with E-state index < -0.39 is 0 Å². The molecule has 0 aliphatic carbocycles. The van der Waals surface area contributed by atoms with Gasteiger partial charge in [-0.1, -0.05) is 6.07 Å². The third-order valence-electron chi connectivity index (χ3n) is 4.72. The molecular weight excluding hydrogens is 320 g/mol. The first-order valence-electron chi connectivity index (χ1n) is 8.45. The summed E-state index contributed by atoms with van der Waals surface area (Å²) in [5, 5.41) is 6.86. The normalized spacial score (nSPS) is 16.9. The number of ether oxygens (including phenoxy) is 1. The summed E-state index contributed by atoms with van der Waals surface area (Å²) in [5.41, 5.74) is 2.13. The topological polar surface area (TPSA) is 42.7 Å². The lowest BCUT2D eigenvalue weighted by Gasteiger charge is -2.30. The fraction of sp³-hybridized carbons (Fsp3) is 0.444. The van der Waals surface area contributed by atoms with Gasteiger partial charge in [-0.15, -0.1) is 11.3 Å². The molecule has 6 heteroatoms. The highest BCUT2D eigenvalue weighted by Gasteiger charge is 2.23. The number of rotatable bonds is 5. The summed E-state index contributed by atoms with van der Waals surface area (Å²) in [6.45, 7) is 4.03. The molecule has 0 saturated carbocycles. The van der Waals surface area contributed by atoms with Crippen molar-refractivity contribution in [1.29, 1.82) is 0 Å². The van der Waals surface area contributed by atoms with Gasteiger partial charge in [0, 0.05) is 36.2 Å². The van der Waals surface area contributed by atoms with Gasteiger partial charge in [0.15, 0.2) is 11.5 Å². The zero-order valence-corrected chi connectivity index (χ0v) is 14.7. The minimum atomic E-state index is 0.467. The Morgan fingerprint density at radius 1 is 1.25 bits per heavy atom. The van der Waals surface area contributed by atoms with Gasteiger partial charge in [-0.2, -0.15) is 5.10 Å². The fourth-order valence-electron chi connectivity index (χ4n) is 3.30. The molecule has 0 spiro atoms. The van der Waals surface area contributed by atoms with Crippen LogP contribution in [0.4, 0.5) is 0 Å². The zero-order valence-electron chi connectivity index (χ0n) is 13.9. The van der Waals surface area contributed by atoms with Crippen LogP contribution in [0.3, 0.4) is 0 Å². The summed E-state index contributed by atoms with van der Waals surface area (Å²) in [6.07, 6.45) is 4.34. The van der Waals surface area contributed by atoms with E-state index >= 15 is 0 Å². The van der Waals surface area contributed by atoms with E-state index in [1.807, 2.05) is 4.52 Å². The van der Waals surface area contributed by atoms with Gasteiger partial charge in [0.1, 0.15) is 0 Å². The average Bonchev–Trinajstić information content (AvgIpc) is 3.29. The number of hydrogen-bond donors (Lipinski definition) is 0. The number of nitrogens with zero attached hydrogens (tertiary/aromatic N) is 4. The number of pyridine rings is 1. The van der Waals surface area contributed by atoms with Crippen molar-refractivity contribution in [3.05, 3.63) is 41.7 Å². The maximum Gasteiger partial charge on any atom is 0.155 e. The second-order valence-electron chi connectivity index (χ2n) is 6.28. The lowest BCUT2D eigenvalue weighted by atomic mass is 9.96. The van der Waals surface area contributed by atoms with E-state index in [0.717, 1.165) is 50.6 Å². The standard InChI is InChI=1S/C18H22N4OS/c1-23-11-10-21-8-6-14(7-9-21)18-19-17-5-4-15(13-22(17)20-18)16-3-2-12-24-16/h2-5,12-14H,6-11H2,1H3. The summed E-state index contributed by atoms with van der Waals surface area (Å²) in [6, 6.07) is 8.42. The van der Waals surface area contributed by atoms with Crippen molar-refractivity contribution in [1.82, 2.24) is 19.5 Å². The van der Waals surface area contributed by atoms with E-state index in [1.54, 1.807) is 18.4 Å². The lowest BCUT2D eigenvalue weighted by molar-refractivity contribution is 0.129. The lowest BCUT2D eigenvalue weighted by Crippen LogP contribution is -2.35. The van der Waals surface area contributed by atoms with Crippen LogP contribution in [0.25, 0.3) is 16.1 Å². The molecule has 24 heavy (non-hydrogen) atoms. The van der Waals surface area contributed by atoms with Crippen molar-refractivity contribution >= 4 is 17.0 Å². The minimum Gasteiger partial charge on any atom is -0.383 e. The Morgan fingerprint density at radius 3 is 2.88 bits per heavy atom. The van der Waals surface area contributed by atoms with Crippen LogP contribution in [0.1, 0.15) is 24.6 Å². The van der Waals surface area contributed by atoms with E-state index in [1.165, 1.54) is 10.4 Å². The molecule has 4 heterocycles. The molecular formula is C18H22N4OS. The van der Waals surface area contributed by atoms with Crippen LogP contribution in [-0.2, 0) is 4.74 Å². The van der Waals surface area contributed by atoms with Gasteiger partial charge in [0.2, 0.25) is 0 Å². The molecule has 1 aliphatic rings. The molecule has 1 saturated heterocycles. The third-order valence-corrected chi connectivity index (χ3v) is 5.64. The molecule has 4 rings (SSSR count). The van der Waals surface area contributed by atoms with Crippen LogP contribution in [0.15, 0.2) is 35.8 Å². The molecule has 1 fully saturated rings. The number of thiophene rings is 1. The predicted molar refractivity (Wildman–Crippen MR) is 96.6 cm³/mol. The highest BCUT2D eigenvalue weighted by molar-refractivity contribution is 7.13. The second-order valence-corrected chi connectivity index (χ2v) is 7.22. The minimum absolute atomic E-state index is 0.467. The van der Waals surface area contributed by atoms with E-state index in [2.05, 4.69) is 40.7 Å². The van der Waals surface area contributed by atoms with E-state index in [4.69, 9.17) is 14.8 Å². The second kappa shape index (κ2) is 7.01. The summed E-state index contributed by atoms with van der Waals surface area (Å²) in [5.74, 6) is 1.46. The number of methoxy groups -OCH3 is 1. The highest BCUT2D eigenvalue weighted by atomic mass is 32.1. The molecule has 1 aliphatic heterocycles. The number of fused-ring (bicyclic) bond motifs is 1. The average molecular weight is 342 g/mol. The van der Waals surface area contributed by atoms with Crippen molar-refractivity contribution in [3.63, 3.8) is 0 Å². The molecule has 0 bridgehead atoms. The van der Waals surface area contributed by atoms with Crippen LogP contribution < -0.4 is 0 Å². The number of hydrogen-bond acceptors (Lipinski definition) is 5. The SMILES string of the molecule is COCCN1CCC(c2nc3ccc(-c4cccs4)cn3n2)CC1. The maximum atomic E-state index is 5.17. The van der Waals surface area contributed by atoms with Gasteiger partial charge in [0.05, 0.1) is 6.61 Å². The molecule has 0 unspecified atom stereocenters. The summed E-state index contributed by atoms with van der Waals surface area (Å²) in [7, 11) is 1.76. The zero-order chi connectivity index (χ0) is 16.4. The van der Waals surface area contributed by atoms with Crippen molar-refractivity contribution in [3.8, 4) is 10.4 Å². The smallest absolute Gasteiger partial charge is 0.155 e. The molecule has 3 aromatic rings. The van der Waals surface area contributed by atoms with Crippen LogP contribution in [0.2, 0.25) is 0 Å². The Balaban J connectivity index is 1.49. The van der Waals surface area contributed by atoms with Crippen molar-refractivity contribution < 1.29 is 4.74 Å². The maximum absolute atomic E-state index is 5.17. The molecule has 5 nitrogen and oxygen atoms in total. The number of piperidine rings is 1. The fourth-order valence-corrected chi connectivity index (χ4v) is 4.01. The van der Waals surface area contributed by atoms with Crippen molar-refractivity contribution in [2.24, 2.45) is 0 Å². The van der Waals surface area contributed by atoms with Gasteiger partial charge in [-0.25, -0.2) is 9.50 Å². The first-order chi connectivity index (χ1) is 11.8. The molecule has 3 aromatic heterocycles. The molecule has 0 aromatic carbocycles. The summed E-state index contributed by atoms with van der Waals surface area (Å²) >= 11 is 1.75. The molecule has 0 radical (unpaired) electrons. The number of likely N-dealkylation sites (tertiary alicyclic amines) is 1. The number of aromatic nitrogens is 3. The van der Waals surface area contributed by atoms with Gasteiger partial charge in [0.25, 0.3) is 0 Å². The quantitative estimate of drug-likeness (QED) is 0.714. The van der Waals surface area contributed by atoms with E-state index in [0.29, 0.717) is 5.92 Å². The van der Waals surface area contributed by atoms with Crippen LogP contribution in [-0.4, -0.2) is 52.8 Å². The van der Waals surface area contributed by atoms with Gasteiger partial charge >= 0.3 is 0 Å². The Morgan fingerprint density at radius 2 is 2.12 bits per heavy atom. The Labute approximate surface area is 145 Å². The van der Waals surface area contributed by atoms with Crippen LogP contribution in [0, 0.1) is 0 Å². The molecule has 0 atom stereocenters. The summed E-state index contributed by atoms with van der Waals surface area (Å²) in [4.78, 5) is 8.49.